The van der Waals surface area contributed by atoms with Crippen molar-refractivity contribution >= 4 is 11.6 Å². The zero-order chi connectivity index (χ0) is 15.2. The number of aromatic nitrogens is 2. The van der Waals surface area contributed by atoms with Crippen LogP contribution in [0.5, 0.6) is 0 Å². The average Bonchev–Trinajstić information content (AvgIpc) is 2.68. The first-order valence-corrected chi connectivity index (χ1v) is 8.71. The highest BCUT2D eigenvalue weighted by molar-refractivity contribution is 6.31. The molecule has 1 aliphatic rings. The van der Waals surface area contributed by atoms with Crippen molar-refractivity contribution in [3.63, 3.8) is 0 Å². The van der Waals surface area contributed by atoms with Crippen LogP contribution in [0.4, 0.5) is 0 Å². The van der Waals surface area contributed by atoms with E-state index in [-0.39, 0.29) is 6.04 Å². The molecule has 0 amide bonds. The van der Waals surface area contributed by atoms with E-state index in [0.717, 1.165) is 41.7 Å². The number of hydrazine groups is 1. The first-order valence-electron chi connectivity index (χ1n) is 8.33. The van der Waals surface area contributed by atoms with Gasteiger partial charge in [0.1, 0.15) is 0 Å². The van der Waals surface area contributed by atoms with E-state index in [4.69, 9.17) is 17.4 Å². The topological polar surface area (TPSA) is 55.9 Å². The molecule has 21 heavy (non-hydrogen) atoms. The fourth-order valence-electron chi connectivity index (χ4n) is 3.51. The Morgan fingerprint density at radius 2 is 2.00 bits per heavy atom. The van der Waals surface area contributed by atoms with Gasteiger partial charge in [0, 0.05) is 19.0 Å². The van der Waals surface area contributed by atoms with Crippen molar-refractivity contribution in [1.82, 2.24) is 15.2 Å². The quantitative estimate of drug-likeness (QED) is 0.479. The van der Waals surface area contributed by atoms with Gasteiger partial charge in [-0.25, -0.2) is 0 Å². The van der Waals surface area contributed by atoms with Crippen molar-refractivity contribution in [2.75, 3.05) is 0 Å². The molecule has 0 radical (unpaired) electrons. The van der Waals surface area contributed by atoms with Gasteiger partial charge in [-0.3, -0.25) is 16.0 Å². The summed E-state index contributed by atoms with van der Waals surface area (Å²) in [6.45, 7) is 4.92. The zero-order valence-electron chi connectivity index (χ0n) is 13.4. The van der Waals surface area contributed by atoms with Crippen molar-refractivity contribution in [3.8, 4) is 0 Å². The Labute approximate surface area is 133 Å². The molecule has 1 unspecified atom stereocenters. The number of nitrogens with zero attached hydrogens (tertiary/aromatic N) is 2. The molecule has 2 rings (SSSR count). The maximum atomic E-state index is 6.41. The highest BCUT2D eigenvalue weighted by Gasteiger charge is 2.21. The smallest absolute Gasteiger partial charge is 0.0847 e. The van der Waals surface area contributed by atoms with E-state index >= 15 is 0 Å². The Bertz CT molecular complexity index is 436. The monoisotopic (exact) mass is 312 g/mol. The summed E-state index contributed by atoms with van der Waals surface area (Å²) < 4.78 is 2.01. The largest absolute Gasteiger partial charge is 0.271 e. The summed E-state index contributed by atoms with van der Waals surface area (Å²) in [5, 5.41) is 5.30. The molecule has 0 spiro atoms. The van der Waals surface area contributed by atoms with Gasteiger partial charge in [0.05, 0.1) is 16.4 Å². The second kappa shape index (κ2) is 8.16. The van der Waals surface area contributed by atoms with Gasteiger partial charge in [-0.1, -0.05) is 50.1 Å². The van der Waals surface area contributed by atoms with Crippen molar-refractivity contribution in [1.29, 1.82) is 0 Å². The van der Waals surface area contributed by atoms with E-state index in [2.05, 4.69) is 17.4 Å². The summed E-state index contributed by atoms with van der Waals surface area (Å²) in [7, 11) is 0. The summed E-state index contributed by atoms with van der Waals surface area (Å²) in [5.41, 5.74) is 5.04. The van der Waals surface area contributed by atoms with Crippen LogP contribution < -0.4 is 11.3 Å². The Hall–Kier alpha value is -0.580. The number of nitrogens with two attached hydrogens (primary N) is 1. The van der Waals surface area contributed by atoms with Gasteiger partial charge in [0.15, 0.2) is 0 Å². The van der Waals surface area contributed by atoms with Gasteiger partial charge < -0.3 is 0 Å². The molecule has 0 aromatic carbocycles. The second-order valence-electron chi connectivity index (χ2n) is 6.32. The maximum absolute atomic E-state index is 6.41. The molecule has 0 aliphatic heterocycles. The molecule has 1 atom stereocenters. The molecule has 3 N–H and O–H groups in total. The van der Waals surface area contributed by atoms with Crippen molar-refractivity contribution < 1.29 is 0 Å². The van der Waals surface area contributed by atoms with E-state index < -0.39 is 0 Å². The van der Waals surface area contributed by atoms with Gasteiger partial charge in [-0.05, 0) is 26.2 Å². The zero-order valence-corrected chi connectivity index (χ0v) is 14.1. The molecule has 1 heterocycles. The SMILES string of the molecule is CCn1nc(C)c(Cl)c1CC(CC1CCCCCC1)NN. The van der Waals surface area contributed by atoms with Crippen molar-refractivity contribution in [2.24, 2.45) is 11.8 Å². The fraction of sp³-hybridized carbons (Fsp3) is 0.812. The highest BCUT2D eigenvalue weighted by Crippen LogP contribution is 2.28. The molecular formula is C16H29ClN4. The van der Waals surface area contributed by atoms with E-state index in [1.807, 2.05) is 11.6 Å². The Morgan fingerprint density at radius 1 is 1.33 bits per heavy atom. The van der Waals surface area contributed by atoms with E-state index in [1.165, 1.54) is 38.5 Å². The minimum atomic E-state index is 0.284. The maximum Gasteiger partial charge on any atom is 0.0847 e. The minimum Gasteiger partial charge on any atom is -0.271 e. The molecule has 1 fully saturated rings. The average molecular weight is 313 g/mol. The molecule has 1 aromatic heterocycles. The van der Waals surface area contributed by atoms with Gasteiger partial charge in [0.2, 0.25) is 0 Å². The molecule has 1 aliphatic carbocycles. The number of hydrogen-bond acceptors (Lipinski definition) is 3. The van der Waals surface area contributed by atoms with Gasteiger partial charge in [-0.15, -0.1) is 0 Å². The predicted octanol–water partition coefficient (Wildman–Crippen LogP) is 3.60. The molecule has 1 saturated carbocycles. The third kappa shape index (κ3) is 4.44. The third-order valence-corrected chi connectivity index (χ3v) is 5.21. The number of halogens is 1. The van der Waals surface area contributed by atoms with Gasteiger partial charge in [0.25, 0.3) is 0 Å². The lowest BCUT2D eigenvalue weighted by atomic mass is 9.91. The van der Waals surface area contributed by atoms with Gasteiger partial charge in [-0.2, -0.15) is 5.10 Å². The minimum absolute atomic E-state index is 0.284. The Kier molecular flexibility index (Phi) is 6.52. The summed E-state index contributed by atoms with van der Waals surface area (Å²) in [4.78, 5) is 0. The van der Waals surface area contributed by atoms with Crippen LogP contribution in [0.25, 0.3) is 0 Å². The lowest BCUT2D eigenvalue weighted by molar-refractivity contribution is 0.348. The molecular weight excluding hydrogens is 284 g/mol. The van der Waals surface area contributed by atoms with Crippen LogP contribution in [0.2, 0.25) is 5.02 Å². The summed E-state index contributed by atoms with van der Waals surface area (Å²) in [6.07, 6.45) is 10.2. The van der Waals surface area contributed by atoms with Crippen molar-refractivity contribution in [2.45, 2.75) is 77.8 Å². The summed E-state index contributed by atoms with van der Waals surface area (Å²) in [6, 6.07) is 0.284. The van der Waals surface area contributed by atoms with E-state index in [9.17, 15) is 0 Å². The lowest BCUT2D eigenvalue weighted by Crippen LogP contribution is -2.38. The number of nitrogens with one attached hydrogen (secondary N) is 1. The first-order chi connectivity index (χ1) is 10.2. The van der Waals surface area contributed by atoms with Crippen LogP contribution in [0.3, 0.4) is 0 Å². The van der Waals surface area contributed by atoms with E-state index in [1.54, 1.807) is 0 Å². The molecule has 1 aromatic rings. The van der Waals surface area contributed by atoms with E-state index in [0.29, 0.717) is 0 Å². The molecule has 0 saturated heterocycles. The lowest BCUT2D eigenvalue weighted by Gasteiger charge is -2.22. The highest BCUT2D eigenvalue weighted by atomic mass is 35.5. The second-order valence-corrected chi connectivity index (χ2v) is 6.70. The first kappa shape index (κ1) is 16.8. The van der Waals surface area contributed by atoms with Crippen LogP contribution in [0, 0.1) is 12.8 Å². The molecule has 120 valence electrons. The van der Waals surface area contributed by atoms with Crippen LogP contribution in [0.1, 0.15) is 63.3 Å². The van der Waals surface area contributed by atoms with Gasteiger partial charge >= 0.3 is 0 Å². The van der Waals surface area contributed by atoms with Crippen molar-refractivity contribution in [3.05, 3.63) is 16.4 Å². The molecule has 5 heteroatoms. The molecule has 0 bridgehead atoms. The standard InChI is InChI=1S/C16H29ClN4/c1-3-21-15(16(17)12(2)20-21)11-14(19-18)10-13-8-6-4-5-7-9-13/h13-14,19H,3-11,18H2,1-2H3. The summed E-state index contributed by atoms with van der Waals surface area (Å²) >= 11 is 6.41. The number of rotatable bonds is 6. The number of hydrogen-bond donors (Lipinski definition) is 2. The van der Waals surface area contributed by atoms with Crippen LogP contribution >= 0.6 is 11.6 Å². The van der Waals surface area contributed by atoms with Crippen LogP contribution in [-0.2, 0) is 13.0 Å². The predicted molar refractivity (Wildman–Crippen MR) is 88.3 cm³/mol. The third-order valence-electron chi connectivity index (χ3n) is 4.72. The normalized spacial score (nSPS) is 18.7. The molecule has 4 nitrogen and oxygen atoms in total. The Morgan fingerprint density at radius 3 is 2.57 bits per heavy atom. The van der Waals surface area contributed by atoms with Crippen LogP contribution in [0.15, 0.2) is 0 Å². The number of aryl methyl sites for hydroxylation is 2. The summed E-state index contributed by atoms with van der Waals surface area (Å²) in [5.74, 6) is 6.60. The fourth-order valence-corrected chi connectivity index (χ4v) is 3.72. The Balaban J connectivity index is 2.01. The van der Waals surface area contributed by atoms with Crippen LogP contribution in [-0.4, -0.2) is 15.8 Å².